The summed E-state index contributed by atoms with van der Waals surface area (Å²) in [4.78, 5) is 30.7. The van der Waals surface area contributed by atoms with Crippen LogP contribution in [0.5, 0.6) is 0 Å². The van der Waals surface area contributed by atoms with Gasteiger partial charge in [0.15, 0.2) is 0 Å². The Hall–Kier alpha value is -3.35. The molecule has 1 fully saturated rings. The number of carboxylic acids is 1. The third kappa shape index (κ3) is 4.01. The maximum atomic E-state index is 13.0. The fourth-order valence-electron chi connectivity index (χ4n) is 3.92. The molecule has 3 aromatic rings. The van der Waals surface area contributed by atoms with Gasteiger partial charge in [-0.1, -0.05) is 12.1 Å². The SMILES string of the molecule is CCNc1nc2ccc(C(=O)N3CCCCC3)cc2n1Cc1ccc(C(=O)O)cc1. The Bertz CT molecular complexity index is 1070. The zero-order valence-corrected chi connectivity index (χ0v) is 17.1. The number of anilines is 1. The molecule has 0 saturated carbocycles. The van der Waals surface area contributed by atoms with Crippen molar-refractivity contribution >= 4 is 28.9 Å². The molecule has 156 valence electrons. The van der Waals surface area contributed by atoms with Crippen molar-refractivity contribution in [3.05, 3.63) is 59.2 Å². The Morgan fingerprint density at radius 2 is 1.73 bits per heavy atom. The topological polar surface area (TPSA) is 87.5 Å². The second kappa shape index (κ2) is 8.57. The molecule has 0 radical (unpaired) electrons. The van der Waals surface area contributed by atoms with Crippen molar-refractivity contribution in [1.29, 1.82) is 0 Å². The van der Waals surface area contributed by atoms with E-state index >= 15 is 0 Å². The highest BCUT2D eigenvalue weighted by molar-refractivity contribution is 5.98. The molecule has 1 aromatic heterocycles. The van der Waals surface area contributed by atoms with Crippen molar-refractivity contribution in [1.82, 2.24) is 14.5 Å². The van der Waals surface area contributed by atoms with Crippen LogP contribution in [-0.4, -0.2) is 51.1 Å². The number of amides is 1. The number of fused-ring (bicyclic) bond motifs is 1. The first kappa shape index (κ1) is 19.9. The van der Waals surface area contributed by atoms with Gasteiger partial charge in [0.25, 0.3) is 5.91 Å². The highest BCUT2D eigenvalue weighted by atomic mass is 16.4. The van der Waals surface area contributed by atoms with E-state index in [2.05, 4.69) is 5.32 Å². The van der Waals surface area contributed by atoms with Crippen molar-refractivity contribution in [3.63, 3.8) is 0 Å². The number of carboxylic acid groups (broad SMARTS) is 1. The maximum absolute atomic E-state index is 13.0. The number of carbonyl (C=O) groups excluding carboxylic acids is 1. The molecule has 7 nitrogen and oxygen atoms in total. The van der Waals surface area contributed by atoms with Crippen molar-refractivity contribution in [2.45, 2.75) is 32.7 Å². The summed E-state index contributed by atoms with van der Waals surface area (Å²) in [5, 5.41) is 12.4. The van der Waals surface area contributed by atoms with E-state index in [9.17, 15) is 9.59 Å². The predicted octanol–water partition coefficient (Wildman–Crippen LogP) is 3.84. The average Bonchev–Trinajstić information content (AvgIpc) is 3.11. The molecule has 1 aliphatic heterocycles. The van der Waals surface area contributed by atoms with Gasteiger partial charge in [-0.15, -0.1) is 0 Å². The number of carbonyl (C=O) groups is 2. The third-order valence-electron chi connectivity index (χ3n) is 5.51. The molecule has 1 saturated heterocycles. The van der Waals surface area contributed by atoms with Crippen LogP contribution >= 0.6 is 0 Å². The van der Waals surface area contributed by atoms with E-state index < -0.39 is 5.97 Å². The van der Waals surface area contributed by atoms with Gasteiger partial charge in [0.05, 0.1) is 23.1 Å². The van der Waals surface area contributed by atoms with Crippen LogP contribution in [0.4, 0.5) is 5.95 Å². The molecular weight excluding hydrogens is 380 g/mol. The maximum Gasteiger partial charge on any atom is 0.335 e. The Balaban J connectivity index is 1.69. The number of hydrogen-bond acceptors (Lipinski definition) is 4. The number of imidazole rings is 1. The number of hydrogen-bond donors (Lipinski definition) is 2. The van der Waals surface area contributed by atoms with Crippen LogP contribution in [0.2, 0.25) is 0 Å². The van der Waals surface area contributed by atoms with Crippen molar-refractivity contribution in [3.8, 4) is 0 Å². The van der Waals surface area contributed by atoms with Crippen molar-refractivity contribution in [2.24, 2.45) is 0 Å². The van der Waals surface area contributed by atoms with E-state index in [1.165, 1.54) is 6.42 Å². The summed E-state index contributed by atoms with van der Waals surface area (Å²) in [6, 6.07) is 12.5. The zero-order valence-electron chi connectivity index (χ0n) is 17.1. The second-order valence-electron chi connectivity index (χ2n) is 7.61. The first-order valence-electron chi connectivity index (χ1n) is 10.4. The summed E-state index contributed by atoms with van der Waals surface area (Å²) in [7, 11) is 0. The zero-order chi connectivity index (χ0) is 21.1. The lowest BCUT2D eigenvalue weighted by Gasteiger charge is -2.26. The van der Waals surface area contributed by atoms with Gasteiger partial charge in [-0.3, -0.25) is 4.79 Å². The monoisotopic (exact) mass is 406 g/mol. The van der Waals surface area contributed by atoms with Crippen LogP contribution in [0.3, 0.4) is 0 Å². The fourth-order valence-corrected chi connectivity index (χ4v) is 3.92. The summed E-state index contributed by atoms with van der Waals surface area (Å²) < 4.78 is 2.04. The number of aromatic carboxylic acids is 1. The molecular formula is C23H26N4O3. The van der Waals surface area contributed by atoms with Gasteiger partial charge < -0.3 is 19.9 Å². The second-order valence-corrected chi connectivity index (χ2v) is 7.61. The highest BCUT2D eigenvalue weighted by Crippen LogP contribution is 2.24. The first-order chi connectivity index (χ1) is 14.6. The van der Waals surface area contributed by atoms with Crippen LogP contribution in [0.25, 0.3) is 11.0 Å². The van der Waals surface area contributed by atoms with Crippen molar-refractivity contribution < 1.29 is 14.7 Å². The van der Waals surface area contributed by atoms with Gasteiger partial charge in [0, 0.05) is 25.2 Å². The third-order valence-corrected chi connectivity index (χ3v) is 5.51. The minimum absolute atomic E-state index is 0.0696. The summed E-state index contributed by atoms with van der Waals surface area (Å²) >= 11 is 0. The lowest BCUT2D eigenvalue weighted by Crippen LogP contribution is -2.35. The smallest absolute Gasteiger partial charge is 0.335 e. The van der Waals surface area contributed by atoms with E-state index in [-0.39, 0.29) is 11.5 Å². The number of piperidine rings is 1. The van der Waals surface area contributed by atoms with E-state index in [0.717, 1.165) is 55.0 Å². The lowest BCUT2D eigenvalue weighted by atomic mass is 10.1. The van der Waals surface area contributed by atoms with Gasteiger partial charge in [-0.05, 0) is 62.1 Å². The lowest BCUT2D eigenvalue weighted by molar-refractivity contribution is 0.0694. The van der Waals surface area contributed by atoms with Crippen LogP contribution in [0.15, 0.2) is 42.5 Å². The average molecular weight is 406 g/mol. The normalized spacial score (nSPS) is 14.1. The summed E-state index contributed by atoms with van der Waals surface area (Å²) in [5.74, 6) is -0.138. The molecule has 2 heterocycles. The Morgan fingerprint density at radius 1 is 1.03 bits per heavy atom. The number of nitrogens with one attached hydrogen (secondary N) is 1. The Morgan fingerprint density at radius 3 is 2.40 bits per heavy atom. The van der Waals surface area contributed by atoms with Gasteiger partial charge in [-0.25, -0.2) is 9.78 Å². The molecule has 2 N–H and O–H groups in total. The molecule has 0 spiro atoms. The minimum atomic E-state index is -0.941. The van der Waals surface area contributed by atoms with Crippen LogP contribution in [0, 0.1) is 0 Å². The van der Waals surface area contributed by atoms with Gasteiger partial charge in [0.1, 0.15) is 0 Å². The van der Waals surface area contributed by atoms with E-state index in [1.807, 2.05) is 46.7 Å². The van der Waals surface area contributed by atoms with Crippen LogP contribution < -0.4 is 5.32 Å². The molecule has 0 atom stereocenters. The molecule has 0 bridgehead atoms. The number of rotatable bonds is 6. The quantitative estimate of drug-likeness (QED) is 0.649. The number of nitrogens with zero attached hydrogens (tertiary/aromatic N) is 3. The molecule has 1 amide bonds. The standard InChI is InChI=1S/C23H26N4O3/c1-2-24-23-25-19-11-10-18(21(28)26-12-4-3-5-13-26)14-20(19)27(23)15-16-6-8-17(9-7-16)22(29)30/h6-11,14H,2-5,12-13,15H2,1H3,(H,24,25)(H,29,30). The van der Waals surface area contributed by atoms with Crippen molar-refractivity contribution in [2.75, 3.05) is 25.0 Å². The van der Waals surface area contributed by atoms with Gasteiger partial charge >= 0.3 is 5.97 Å². The number of likely N-dealkylation sites (tertiary alicyclic amines) is 1. The molecule has 30 heavy (non-hydrogen) atoms. The summed E-state index contributed by atoms with van der Waals surface area (Å²) in [5.41, 5.74) is 3.61. The number of aromatic nitrogens is 2. The fraction of sp³-hybridized carbons (Fsp3) is 0.348. The molecule has 4 rings (SSSR count). The van der Waals surface area contributed by atoms with E-state index in [0.29, 0.717) is 12.1 Å². The molecule has 0 aliphatic carbocycles. The molecule has 0 unspecified atom stereocenters. The highest BCUT2D eigenvalue weighted by Gasteiger charge is 2.20. The largest absolute Gasteiger partial charge is 0.478 e. The number of benzene rings is 2. The molecule has 2 aromatic carbocycles. The van der Waals surface area contributed by atoms with E-state index in [4.69, 9.17) is 10.1 Å². The first-order valence-corrected chi connectivity index (χ1v) is 10.4. The van der Waals surface area contributed by atoms with Crippen LogP contribution in [0.1, 0.15) is 52.5 Å². The molecule has 7 heteroatoms. The van der Waals surface area contributed by atoms with Gasteiger partial charge in [-0.2, -0.15) is 0 Å². The minimum Gasteiger partial charge on any atom is -0.478 e. The molecule has 1 aliphatic rings. The van der Waals surface area contributed by atoms with E-state index in [1.54, 1.807) is 12.1 Å². The van der Waals surface area contributed by atoms with Gasteiger partial charge in [0.2, 0.25) is 5.95 Å². The Kier molecular flexibility index (Phi) is 5.70. The summed E-state index contributed by atoms with van der Waals surface area (Å²) in [6.45, 7) is 4.89. The Labute approximate surface area is 175 Å². The summed E-state index contributed by atoms with van der Waals surface area (Å²) in [6.07, 6.45) is 3.30. The van der Waals surface area contributed by atoms with Crippen LogP contribution in [-0.2, 0) is 6.54 Å². The predicted molar refractivity (Wildman–Crippen MR) is 116 cm³/mol.